The molecule has 4 heteroatoms. The van der Waals surface area contributed by atoms with Crippen LogP contribution >= 0.6 is 0 Å². The molecule has 1 fully saturated rings. The molecule has 0 spiro atoms. The van der Waals surface area contributed by atoms with Crippen LogP contribution in [0.3, 0.4) is 0 Å². The zero-order chi connectivity index (χ0) is 17.3. The normalized spacial score (nSPS) is 16.4. The summed E-state index contributed by atoms with van der Waals surface area (Å²) in [7, 11) is 0. The number of carbonyl (C=O) groups is 1. The van der Waals surface area contributed by atoms with Crippen LogP contribution in [0.1, 0.15) is 50.7 Å². The zero-order valence-corrected chi connectivity index (χ0v) is 15.0. The summed E-state index contributed by atoms with van der Waals surface area (Å²) < 4.78 is 5.48. The van der Waals surface area contributed by atoms with Crippen LogP contribution in [-0.2, 0) is 4.74 Å². The number of carbonyl (C=O) groups excluding carboxylic acids is 1. The van der Waals surface area contributed by atoms with Gasteiger partial charge >= 0.3 is 6.09 Å². The van der Waals surface area contributed by atoms with Crippen molar-refractivity contribution >= 4 is 17.0 Å². The van der Waals surface area contributed by atoms with Crippen LogP contribution in [0.15, 0.2) is 30.5 Å². The molecule has 1 saturated heterocycles. The number of hydrogen-bond acceptors (Lipinski definition) is 3. The van der Waals surface area contributed by atoms with Gasteiger partial charge in [0.2, 0.25) is 0 Å². The van der Waals surface area contributed by atoms with E-state index in [0.29, 0.717) is 5.92 Å². The molecule has 4 nitrogen and oxygen atoms in total. The van der Waals surface area contributed by atoms with Crippen molar-refractivity contribution in [1.82, 2.24) is 9.88 Å². The minimum atomic E-state index is -0.435. The van der Waals surface area contributed by atoms with Gasteiger partial charge in [0, 0.05) is 24.7 Å². The van der Waals surface area contributed by atoms with Gasteiger partial charge in [-0.1, -0.05) is 6.07 Å². The van der Waals surface area contributed by atoms with Crippen molar-refractivity contribution in [3.63, 3.8) is 0 Å². The summed E-state index contributed by atoms with van der Waals surface area (Å²) in [6.07, 6.45) is 3.60. The van der Waals surface area contributed by atoms with Crippen molar-refractivity contribution in [2.24, 2.45) is 0 Å². The summed E-state index contributed by atoms with van der Waals surface area (Å²) in [5.74, 6) is 0.494. The molecule has 1 aromatic heterocycles. The Bertz CT molecular complexity index is 741. The highest BCUT2D eigenvalue weighted by molar-refractivity contribution is 5.80. The maximum absolute atomic E-state index is 12.2. The predicted molar refractivity (Wildman–Crippen MR) is 96.3 cm³/mol. The van der Waals surface area contributed by atoms with Gasteiger partial charge < -0.3 is 9.64 Å². The molecule has 2 aromatic rings. The van der Waals surface area contributed by atoms with Crippen molar-refractivity contribution in [2.75, 3.05) is 13.1 Å². The second-order valence-corrected chi connectivity index (χ2v) is 7.65. The molecule has 2 heterocycles. The molecule has 0 aliphatic carbocycles. The first-order chi connectivity index (χ1) is 11.3. The van der Waals surface area contributed by atoms with E-state index in [4.69, 9.17) is 4.74 Å². The van der Waals surface area contributed by atoms with Gasteiger partial charge in [0.15, 0.2) is 0 Å². The molecule has 0 atom stereocenters. The van der Waals surface area contributed by atoms with Crippen LogP contribution in [0, 0.1) is 6.92 Å². The summed E-state index contributed by atoms with van der Waals surface area (Å²) in [5.41, 5.74) is 3.29. The number of aromatic nitrogens is 1. The molecule has 1 amide bonds. The molecule has 0 N–H and O–H groups in total. The number of amides is 1. The molecule has 1 aliphatic rings. The lowest BCUT2D eigenvalue weighted by atomic mass is 9.86. The molecule has 1 aromatic carbocycles. The summed E-state index contributed by atoms with van der Waals surface area (Å²) >= 11 is 0. The highest BCUT2D eigenvalue weighted by Crippen LogP contribution is 2.32. The molecule has 3 rings (SSSR count). The Morgan fingerprint density at radius 2 is 1.96 bits per heavy atom. The van der Waals surface area contributed by atoms with Crippen LogP contribution in [0.5, 0.6) is 0 Å². The maximum atomic E-state index is 12.2. The van der Waals surface area contributed by atoms with Crippen molar-refractivity contribution in [3.8, 4) is 0 Å². The highest BCUT2D eigenvalue weighted by Gasteiger charge is 2.28. The van der Waals surface area contributed by atoms with Crippen LogP contribution in [0.4, 0.5) is 4.79 Å². The van der Waals surface area contributed by atoms with Crippen molar-refractivity contribution in [2.45, 2.75) is 52.1 Å². The monoisotopic (exact) mass is 326 g/mol. The first kappa shape index (κ1) is 16.7. The lowest BCUT2D eigenvalue weighted by Gasteiger charge is -2.34. The molecule has 0 radical (unpaired) electrons. The fraction of sp³-hybridized carbons (Fsp3) is 0.500. The SMILES string of the molecule is Cc1cc2ncccc2cc1C1CCN(C(=O)OC(C)(C)C)CC1. The Morgan fingerprint density at radius 3 is 2.62 bits per heavy atom. The van der Waals surface area contributed by atoms with E-state index >= 15 is 0 Å². The molecular formula is C20H26N2O2. The van der Waals surface area contributed by atoms with Gasteiger partial charge in [0.25, 0.3) is 0 Å². The standard InChI is InChI=1S/C20H26N2O2/c1-14-12-18-16(6-5-9-21-18)13-17(14)15-7-10-22(11-8-15)19(23)24-20(2,3)4/h5-6,9,12-13,15H,7-8,10-11H2,1-4H3. The number of likely N-dealkylation sites (tertiary alicyclic amines) is 1. The van der Waals surface area contributed by atoms with Crippen LogP contribution in [0.25, 0.3) is 10.9 Å². The lowest BCUT2D eigenvalue weighted by molar-refractivity contribution is 0.0205. The average molecular weight is 326 g/mol. The van der Waals surface area contributed by atoms with Crippen molar-refractivity contribution < 1.29 is 9.53 Å². The Kier molecular flexibility index (Phi) is 4.48. The van der Waals surface area contributed by atoms with Crippen molar-refractivity contribution in [3.05, 3.63) is 41.6 Å². The van der Waals surface area contributed by atoms with Gasteiger partial charge in [-0.2, -0.15) is 0 Å². The molecule has 0 bridgehead atoms. The van der Waals surface area contributed by atoms with Gasteiger partial charge in [-0.15, -0.1) is 0 Å². The molecule has 0 saturated carbocycles. The minimum Gasteiger partial charge on any atom is -0.444 e. The number of hydrogen-bond donors (Lipinski definition) is 0. The first-order valence-electron chi connectivity index (χ1n) is 8.67. The largest absolute Gasteiger partial charge is 0.444 e. The number of aryl methyl sites for hydroxylation is 1. The van der Waals surface area contributed by atoms with E-state index in [1.54, 1.807) is 0 Å². The molecule has 24 heavy (non-hydrogen) atoms. The van der Waals surface area contributed by atoms with Crippen LogP contribution < -0.4 is 0 Å². The van der Waals surface area contributed by atoms with E-state index in [0.717, 1.165) is 31.4 Å². The maximum Gasteiger partial charge on any atom is 0.410 e. The van der Waals surface area contributed by atoms with Gasteiger partial charge in [0.1, 0.15) is 5.60 Å². The van der Waals surface area contributed by atoms with Gasteiger partial charge in [-0.3, -0.25) is 4.98 Å². The van der Waals surface area contributed by atoms with Gasteiger partial charge in [0.05, 0.1) is 5.52 Å². The third-order valence-electron chi connectivity index (χ3n) is 4.58. The second-order valence-electron chi connectivity index (χ2n) is 7.65. The third-order valence-corrected chi connectivity index (χ3v) is 4.58. The van der Waals surface area contributed by atoms with Gasteiger partial charge in [-0.25, -0.2) is 4.79 Å². The number of rotatable bonds is 1. The van der Waals surface area contributed by atoms with E-state index in [9.17, 15) is 4.79 Å². The quantitative estimate of drug-likeness (QED) is 0.765. The van der Waals surface area contributed by atoms with E-state index in [2.05, 4.69) is 30.1 Å². The Balaban J connectivity index is 1.71. The predicted octanol–water partition coefficient (Wildman–Crippen LogP) is 4.66. The third kappa shape index (κ3) is 3.69. The molecular weight excluding hydrogens is 300 g/mol. The molecule has 0 unspecified atom stereocenters. The average Bonchev–Trinajstić information content (AvgIpc) is 2.53. The van der Waals surface area contributed by atoms with Crippen LogP contribution in [0.2, 0.25) is 0 Å². The fourth-order valence-electron chi connectivity index (χ4n) is 3.38. The fourth-order valence-corrected chi connectivity index (χ4v) is 3.38. The smallest absolute Gasteiger partial charge is 0.410 e. The highest BCUT2D eigenvalue weighted by atomic mass is 16.6. The number of ether oxygens (including phenoxy) is 1. The Labute approximate surface area is 143 Å². The van der Waals surface area contributed by atoms with Crippen molar-refractivity contribution in [1.29, 1.82) is 0 Å². The topological polar surface area (TPSA) is 42.4 Å². The lowest BCUT2D eigenvalue weighted by Crippen LogP contribution is -2.41. The van der Waals surface area contributed by atoms with E-state index in [1.807, 2.05) is 37.9 Å². The summed E-state index contributed by atoms with van der Waals surface area (Å²) in [6, 6.07) is 8.53. The second kappa shape index (κ2) is 6.42. The van der Waals surface area contributed by atoms with Gasteiger partial charge in [-0.05, 0) is 75.8 Å². The Morgan fingerprint density at radius 1 is 1.25 bits per heavy atom. The summed E-state index contributed by atoms with van der Waals surface area (Å²) in [6.45, 7) is 9.39. The Hall–Kier alpha value is -2.10. The minimum absolute atomic E-state index is 0.194. The number of pyridine rings is 1. The number of piperidine rings is 1. The van der Waals surface area contributed by atoms with E-state index in [-0.39, 0.29) is 6.09 Å². The van der Waals surface area contributed by atoms with E-state index in [1.165, 1.54) is 16.5 Å². The van der Waals surface area contributed by atoms with Crippen LogP contribution in [-0.4, -0.2) is 34.7 Å². The number of fused-ring (bicyclic) bond motifs is 1. The summed E-state index contributed by atoms with van der Waals surface area (Å²) in [5, 5.41) is 1.19. The number of nitrogens with zero attached hydrogens (tertiary/aromatic N) is 2. The number of benzene rings is 1. The zero-order valence-electron chi connectivity index (χ0n) is 15.0. The van der Waals surface area contributed by atoms with E-state index < -0.39 is 5.60 Å². The summed E-state index contributed by atoms with van der Waals surface area (Å²) in [4.78, 5) is 18.5. The molecule has 1 aliphatic heterocycles. The molecule has 128 valence electrons. The first-order valence-corrected chi connectivity index (χ1v) is 8.67.